The summed E-state index contributed by atoms with van der Waals surface area (Å²) in [5.74, 6) is -0.685. The van der Waals surface area contributed by atoms with Gasteiger partial charge >= 0.3 is 17.9 Å². The Bertz CT molecular complexity index is 1950. The van der Waals surface area contributed by atoms with E-state index in [1.165, 1.54) is 14.2 Å². The van der Waals surface area contributed by atoms with Crippen LogP contribution in [0, 0.1) is 0 Å². The number of aliphatic hydroxyl groups is 4. The second kappa shape index (κ2) is 15.1. The summed E-state index contributed by atoms with van der Waals surface area (Å²) in [5.41, 5.74) is 1.46. The van der Waals surface area contributed by atoms with E-state index in [0.29, 0.717) is 44.9 Å². The molecule has 3 aromatic carbocycles. The van der Waals surface area contributed by atoms with Crippen LogP contribution in [0.4, 0.5) is 0 Å². The quantitative estimate of drug-likeness (QED) is 0.165. The van der Waals surface area contributed by atoms with Crippen LogP contribution < -0.4 is 23.7 Å². The third-order valence-electron chi connectivity index (χ3n) is 9.41. The molecule has 0 spiro atoms. The summed E-state index contributed by atoms with van der Waals surface area (Å²) in [6, 6.07) is 8.47. The van der Waals surface area contributed by atoms with Crippen molar-refractivity contribution in [2.24, 2.45) is 0 Å². The van der Waals surface area contributed by atoms with Crippen molar-refractivity contribution in [3.8, 4) is 39.9 Å². The molecule has 0 saturated carbocycles. The molecule has 2 fully saturated rings. The number of ether oxygens (including phenoxy) is 11. The predicted molar refractivity (Wildman–Crippen MR) is 178 cm³/mol. The Hall–Kier alpha value is -4.95. The molecule has 0 amide bonds. The molecule has 7 rings (SSSR count). The fourth-order valence-electron chi connectivity index (χ4n) is 6.91. The Labute approximate surface area is 306 Å². The van der Waals surface area contributed by atoms with E-state index in [1.807, 2.05) is 0 Å². The minimum atomic E-state index is -1.81. The van der Waals surface area contributed by atoms with Gasteiger partial charge in [-0.05, 0) is 35.2 Å². The van der Waals surface area contributed by atoms with Crippen LogP contribution in [0.5, 0.6) is 28.7 Å². The highest BCUT2D eigenvalue weighted by molar-refractivity contribution is 6.14. The van der Waals surface area contributed by atoms with Gasteiger partial charge < -0.3 is 72.5 Å². The van der Waals surface area contributed by atoms with E-state index in [4.69, 9.17) is 52.1 Å². The zero-order chi connectivity index (χ0) is 38.4. The van der Waals surface area contributed by atoms with Gasteiger partial charge in [-0.3, -0.25) is 9.59 Å². The Morgan fingerprint density at radius 2 is 1.48 bits per heavy atom. The lowest BCUT2D eigenvalue weighted by atomic mass is 9.89. The number of hydrogen-bond donors (Lipinski definition) is 4. The van der Waals surface area contributed by atoms with Gasteiger partial charge in [-0.1, -0.05) is 6.07 Å². The molecule has 0 bridgehead atoms. The minimum Gasteiger partial charge on any atom is -0.493 e. The van der Waals surface area contributed by atoms with Crippen LogP contribution in [0.15, 0.2) is 30.3 Å². The summed E-state index contributed by atoms with van der Waals surface area (Å²) in [4.78, 5) is 38.1. The first-order valence-electron chi connectivity index (χ1n) is 16.8. The minimum absolute atomic E-state index is 0.0270. The molecule has 4 N–H and O–H groups in total. The van der Waals surface area contributed by atoms with E-state index >= 15 is 0 Å². The Morgan fingerprint density at radius 1 is 0.796 bits per heavy atom. The highest BCUT2D eigenvalue weighted by Crippen LogP contribution is 2.50. The fraction of sp³-hybridized carbons (Fsp3) is 0.472. The SMILES string of the molecule is COc1cc2c(O[C@@H]3O[C@H](CO[C@H]4OC[C@@H](O)[C@H](O)[C@@H]4O)[C@H](OC(C)=O)[C@@H](OC(C)=O)[C@H]3O)c3c(c(-c4ccc5c(c4)OCO5)c2cc1OC)C(=O)OC3. The molecule has 0 aliphatic carbocycles. The van der Waals surface area contributed by atoms with Gasteiger partial charge in [0.25, 0.3) is 0 Å². The van der Waals surface area contributed by atoms with Crippen LogP contribution in [0.25, 0.3) is 21.9 Å². The second-order valence-electron chi connectivity index (χ2n) is 12.8. The number of esters is 3. The number of cyclic esters (lactones) is 1. The first-order chi connectivity index (χ1) is 25.9. The predicted octanol–water partition coefficient (Wildman–Crippen LogP) is 0.707. The third-order valence-corrected chi connectivity index (χ3v) is 9.41. The number of rotatable bonds is 10. The van der Waals surface area contributed by atoms with E-state index in [2.05, 4.69) is 0 Å². The summed E-state index contributed by atoms with van der Waals surface area (Å²) < 4.78 is 62.5. The van der Waals surface area contributed by atoms with Crippen LogP contribution in [0.1, 0.15) is 29.8 Å². The Balaban J connectivity index is 1.33. The maximum atomic E-state index is 13.5. The van der Waals surface area contributed by atoms with Crippen LogP contribution >= 0.6 is 0 Å². The van der Waals surface area contributed by atoms with Crippen molar-refractivity contribution >= 4 is 28.7 Å². The van der Waals surface area contributed by atoms with E-state index in [1.54, 1.807) is 30.3 Å². The molecule has 4 aliphatic rings. The molecule has 0 aromatic heterocycles. The fourth-order valence-corrected chi connectivity index (χ4v) is 6.91. The highest BCUT2D eigenvalue weighted by Gasteiger charge is 2.52. The zero-order valence-corrected chi connectivity index (χ0v) is 29.4. The molecule has 4 heterocycles. The number of methoxy groups -OCH3 is 2. The lowest BCUT2D eigenvalue weighted by Gasteiger charge is -2.44. The average molecular weight is 759 g/mol. The topological polar surface area (TPSA) is 234 Å². The molecule has 9 atom stereocenters. The van der Waals surface area contributed by atoms with Crippen molar-refractivity contribution in [2.75, 3.05) is 34.2 Å². The van der Waals surface area contributed by atoms with Crippen LogP contribution in [-0.4, -0.2) is 128 Å². The van der Waals surface area contributed by atoms with Gasteiger partial charge in [0.15, 0.2) is 47.6 Å². The monoisotopic (exact) mass is 758 g/mol. The first-order valence-corrected chi connectivity index (χ1v) is 16.8. The van der Waals surface area contributed by atoms with Gasteiger partial charge in [0.05, 0.1) is 33.0 Å². The van der Waals surface area contributed by atoms with Crippen molar-refractivity contribution in [1.29, 1.82) is 0 Å². The van der Waals surface area contributed by atoms with Crippen molar-refractivity contribution < 1.29 is 86.9 Å². The number of carbonyl (C=O) groups excluding carboxylic acids is 3. The number of carbonyl (C=O) groups is 3. The summed E-state index contributed by atoms with van der Waals surface area (Å²) in [6.45, 7) is 1.08. The van der Waals surface area contributed by atoms with E-state index in [-0.39, 0.29) is 36.9 Å². The zero-order valence-electron chi connectivity index (χ0n) is 29.4. The molecule has 290 valence electrons. The molecule has 54 heavy (non-hydrogen) atoms. The number of aliphatic hydroxyl groups excluding tert-OH is 4. The first kappa shape index (κ1) is 37.4. The van der Waals surface area contributed by atoms with Gasteiger partial charge in [0, 0.05) is 30.4 Å². The maximum absolute atomic E-state index is 13.5. The van der Waals surface area contributed by atoms with Crippen molar-refractivity contribution in [1.82, 2.24) is 0 Å². The lowest BCUT2D eigenvalue weighted by Crippen LogP contribution is -2.63. The van der Waals surface area contributed by atoms with Gasteiger partial charge in [-0.25, -0.2) is 4.79 Å². The Kier molecular flexibility index (Phi) is 10.4. The summed E-state index contributed by atoms with van der Waals surface area (Å²) in [7, 11) is 2.89. The molecule has 0 unspecified atom stereocenters. The van der Waals surface area contributed by atoms with Crippen molar-refractivity contribution in [3.05, 3.63) is 41.5 Å². The Morgan fingerprint density at radius 3 is 2.19 bits per heavy atom. The van der Waals surface area contributed by atoms with Gasteiger partial charge in [-0.2, -0.15) is 0 Å². The highest BCUT2D eigenvalue weighted by atomic mass is 16.7. The summed E-state index contributed by atoms with van der Waals surface area (Å²) in [5, 5.41) is 43.0. The smallest absolute Gasteiger partial charge is 0.339 e. The molecule has 2 saturated heterocycles. The third kappa shape index (κ3) is 6.81. The van der Waals surface area contributed by atoms with Gasteiger partial charge in [-0.15, -0.1) is 0 Å². The van der Waals surface area contributed by atoms with Gasteiger partial charge in [0.2, 0.25) is 13.1 Å². The van der Waals surface area contributed by atoms with Gasteiger partial charge in [0.1, 0.15) is 36.8 Å². The van der Waals surface area contributed by atoms with E-state index in [0.717, 1.165) is 13.8 Å². The van der Waals surface area contributed by atoms with E-state index in [9.17, 15) is 34.8 Å². The molecule has 4 aliphatic heterocycles. The summed E-state index contributed by atoms with van der Waals surface area (Å²) in [6.07, 6.45) is -14.0. The molecule has 3 aromatic rings. The standard InChI is InChI=1S/C36H38O18/c1-14(37)51-32-25(12-48-35-29(41)28(40)20(39)11-47-35)53-36(30(42)33(32)52-15(2)38)54-31-18-9-23(45-4)22(44-3)8-17(18)26(27-19(31)10-46-34(27)43)16-5-6-21-24(7-16)50-13-49-21/h5-9,20,25,28-30,32-33,35-36,39-42H,10-13H2,1-4H3/t20-,25-,28+,29+,30-,32+,33+,35-,36+/m1/s1. The number of hydrogen-bond acceptors (Lipinski definition) is 18. The molecule has 0 radical (unpaired) electrons. The normalized spacial score (nSPS) is 28.6. The molecule has 18 heteroatoms. The summed E-state index contributed by atoms with van der Waals surface area (Å²) >= 11 is 0. The van der Waals surface area contributed by atoms with Crippen LogP contribution in [0.2, 0.25) is 0 Å². The maximum Gasteiger partial charge on any atom is 0.339 e. The molecular formula is C36H38O18. The number of benzene rings is 3. The van der Waals surface area contributed by atoms with E-state index < -0.39 is 79.8 Å². The molecule has 18 nitrogen and oxygen atoms in total. The number of fused-ring (bicyclic) bond motifs is 3. The lowest BCUT2D eigenvalue weighted by molar-refractivity contribution is -0.310. The van der Waals surface area contributed by atoms with Crippen LogP contribution in [-0.2, 0) is 44.6 Å². The van der Waals surface area contributed by atoms with Crippen molar-refractivity contribution in [3.63, 3.8) is 0 Å². The molecular weight excluding hydrogens is 720 g/mol. The van der Waals surface area contributed by atoms with Crippen molar-refractivity contribution in [2.45, 2.75) is 75.8 Å². The van der Waals surface area contributed by atoms with Crippen LogP contribution in [0.3, 0.4) is 0 Å². The second-order valence-corrected chi connectivity index (χ2v) is 12.8. The average Bonchev–Trinajstić information content (AvgIpc) is 3.78. The largest absolute Gasteiger partial charge is 0.493 e.